The van der Waals surface area contributed by atoms with E-state index in [-0.39, 0.29) is 0 Å². The summed E-state index contributed by atoms with van der Waals surface area (Å²) in [7, 11) is 0. The number of thiophene rings is 1. The maximum Gasteiger partial charge on any atom is 0.0270 e. The first-order valence-corrected chi connectivity index (χ1v) is 4.67. The lowest BCUT2D eigenvalue weighted by Crippen LogP contribution is -2.01. The van der Waals surface area contributed by atoms with Gasteiger partial charge in [0.2, 0.25) is 0 Å². The van der Waals surface area contributed by atoms with Gasteiger partial charge in [-0.3, -0.25) is 0 Å². The molecule has 0 bridgehead atoms. The first kappa shape index (κ1) is 8.50. The van der Waals surface area contributed by atoms with Crippen molar-refractivity contribution in [3.8, 4) is 0 Å². The molecule has 2 N–H and O–H groups in total. The monoisotopic (exact) mass is 167 g/mol. The third kappa shape index (κ3) is 2.48. The summed E-state index contributed by atoms with van der Waals surface area (Å²) in [6.07, 6.45) is 3.22. The van der Waals surface area contributed by atoms with E-state index >= 15 is 0 Å². The van der Waals surface area contributed by atoms with Crippen molar-refractivity contribution in [2.75, 3.05) is 6.54 Å². The molecule has 0 radical (unpaired) electrons. The van der Waals surface area contributed by atoms with Gasteiger partial charge >= 0.3 is 0 Å². The molecular weight excluding hydrogens is 154 g/mol. The molecule has 1 heterocycles. The number of nitrogens with two attached hydrogens (primary N) is 1. The van der Waals surface area contributed by atoms with E-state index < -0.39 is 0 Å². The van der Waals surface area contributed by atoms with Crippen LogP contribution in [0.5, 0.6) is 0 Å². The maximum atomic E-state index is 5.54. The third-order valence-corrected chi connectivity index (χ3v) is 2.43. The molecule has 0 aliphatic heterocycles. The van der Waals surface area contributed by atoms with Gasteiger partial charge in [-0.1, -0.05) is 18.6 Å². The lowest BCUT2D eigenvalue weighted by atomic mass is 10.2. The minimum Gasteiger partial charge on any atom is -0.327 e. The summed E-state index contributed by atoms with van der Waals surface area (Å²) in [6, 6.07) is 4.16. The molecule has 1 nitrogen and oxygen atoms in total. The fraction of sp³-hybridized carbons (Fsp3) is 0.333. The highest BCUT2D eigenvalue weighted by Crippen LogP contribution is 2.13. The van der Waals surface area contributed by atoms with Crippen molar-refractivity contribution in [3.63, 3.8) is 0 Å². The van der Waals surface area contributed by atoms with Gasteiger partial charge in [-0.15, -0.1) is 11.3 Å². The van der Waals surface area contributed by atoms with Crippen LogP contribution in [-0.2, 0) is 0 Å². The lowest BCUT2D eigenvalue weighted by molar-refractivity contribution is 1.02. The van der Waals surface area contributed by atoms with Crippen LogP contribution in [0.3, 0.4) is 0 Å². The van der Waals surface area contributed by atoms with Crippen molar-refractivity contribution in [1.29, 1.82) is 0 Å². The van der Waals surface area contributed by atoms with E-state index in [0.717, 1.165) is 6.42 Å². The van der Waals surface area contributed by atoms with Crippen molar-refractivity contribution in [2.24, 2.45) is 5.73 Å². The fourth-order valence-corrected chi connectivity index (χ4v) is 1.59. The Morgan fingerprint density at radius 2 is 2.55 bits per heavy atom. The smallest absolute Gasteiger partial charge is 0.0270 e. The van der Waals surface area contributed by atoms with Gasteiger partial charge in [-0.05, 0) is 23.9 Å². The van der Waals surface area contributed by atoms with Crippen LogP contribution >= 0.6 is 11.3 Å². The Morgan fingerprint density at radius 3 is 3.00 bits per heavy atom. The number of hydrogen-bond donors (Lipinski definition) is 1. The van der Waals surface area contributed by atoms with Crippen LogP contribution in [0.1, 0.15) is 18.2 Å². The van der Waals surface area contributed by atoms with E-state index in [4.69, 9.17) is 5.73 Å². The molecule has 0 spiro atoms. The summed E-state index contributed by atoms with van der Waals surface area (Å²) in [4.78, 5) is 1.30. The van der Waals surface area contributed by atoms with Crippen molar-refractivity contribution in [3.05, 3.63) is 28.0 Å². The van der Waals surface area contributed by atoms with Crippen molar-refractivity contribution >= 4 is 17.4 Å². The molecule has 1 rings (SSSR count). The summed E-state index contributed by atoms with van der Waals surface area (Å²) in [5.41, 5.74) is 6.85. The van der Waals surface area contributed by atoms with Crippen molar-refractivity contribution < 1.29 is 0 Å². The van der Waals surface area contributed by atoms with E-state index in [1.807, 2.05) is 0 Å². The van der Waals surface area contributed by atoms with Gasteiger partial charge in [-0.25, -0.2) is 0 Å². The Labute approximate surface area is 71.5 Å². The predicted molar refractivity (Wildman–Crippen MR) is 51.6 cm³/mol. The van der Waals surface area contributed by atoms with Gasteiger partial charge in [0.15, 0.2) is 0 Å². The molecule has 2 heteroatoms. The molecule has 0 aliphatic carbocycles. The van der Waals surface area contributed by atoms with Crippen LogP contribution in [0.25, 0.3) is 6.08 Å². The molecule has 1 aromatic heterocycles. The van der Waals surface area contributed by atoms with E-state index in [1.54, 1.807) is 11.3 Å². The first-order valence-electron chi connectivity index (χ1n) is 3.79. The van der Waals surface area contributed by atoms with Crippen LogP contribution in [0.4, 0.5) is 0 Å². The summed E-state index contributed by atoms with van der Waals surface area (Å²) in [6.45, 7) is 2.81. The van der Waals surface area contributed by atoms with Crippen LogP contribution in [0, 0.1) is 0 Å². The van der Waals surface area contributed by atoms with Gasteiger partial charge in [-0.2, -0.15) is 0 Å². The Morgan fingerprint density at radius 1 is 1.73 bits per heavy atom. The highest BCUT2D eigenvalue weighted by Gasteiger charge is 1.91. The Kier molecular flexibility index (Phi) is 3.33. The molecule has 60 valence electrons. The van der Waals surface area contributed by atoms with Gasteiger partial charge in [0.1, 0.15) is 0 Å². The van der Waals surface area contributed by atoms with Gasteiger partial charge < -0.3 is 5.73 Å². The van der Waals surface area contributed by atoms with Crippen molar-refractivity contribution in [1.82, 2.24) is 0 Å². The molecule has 0 aromatic carbocycles. The third-order valence-electron chi connectivity index (χ3n) is 1.61. The average molecular weight is 167 g/mol. The predicted octanol–water partition coefficient (Wildman–Crippen LogP) is 2.50. The number of hydrogen-bond acceptors (Lipinski definition) is 2. The molecule has 0 saturated carbocycles. The molecule has 0 atom stereocenters. The zero-order chi connectivity index (χ0) is 8.10. The highest BCUT2D eigenvalue weighted by atomic mass is 32.1. The quantitative estimate of drug-likeness (QED) is 0.735. The molecule has 0 fully saturated rings. The summed E-state index contributed by atoms with van der Waals surface area (Å²) >= 11 is 1.75. The summed E-state index contributed by atoms with van der Waals surface area (Å²) in [5.74, 6) is 0. The Bertz CT molecular complexity index is 218. The molecule has 0 unspecified atom stereocenters. The summed E-state index contributed by atoms with van der Waals surface area (Å²) in [5, 5.41) is 2.08. The topological polar surface area (TPSA) is 26.0 Å². The van der Waals surface area contributed by atoms with E-state index in [0.29, 0.717) is 6.54 Å². The average Bonchev–Trinajstić information content (AvgIpc) is 2.52. The molecule has 11 heavy (non-hydrogen) atoms. The van der Waals surface area contributed by atoms with Crippen LogP contribution in [-0.4, -0.2) is 6.54 Å². The SMILES string of the molecule is CC/C(=C/c1cccs1)CN. The molecule has 0 aliphatic rings. The van der Waals surface area contributed by atoms with Crippen LogP contribution in [0.15, 0.2) is 23.1 Å². The Hall–Kier alpha value is -0.600. The molecule has 0 amide bonds. The standard InChI is InChI=1S/C9H13NS/c1-2-8(7-10)6-9-4-3-5-11-9/h3-6H,2,7,10H2,1H3/b8-6-. The highest BCUT2D eigenvalue weighted by molar-refractivity contribution is 7.10. The zero-order valence-corrected chi connectivity index (χ0v) is 7.53. The zero-order valence-electron chi connectivity index (χ0n) is 6.71. The van der Waals surface area contributed by atoms with Crippen LogP contribution < -0.4 is 5.73 Å². The number of rotatable bonds is 3. The lowest BCUT2D eigenvalue weighted by Gasteiger charge is -1.96. The largest absolute Gasteiger partial charge is 0.327 e. The van der Waals surface area contributed by atoms with E-state index in [1.165, 1.54) is 10.5 Å². The first-order chi connectivity index (χ1) is 5.36. The maximum absolute atomic E-state index is 5.54. The molecule has 1 aromatic rings. The second kappa shape index (κ2) is 4.31. The molecular formula is C9H13NS. The van der Waals surface area contributed by atoms with Gasteiger partial charge in [0, 0.05) is 11.4 Å². The second-order valence-corrected chi connectivity index (χ2v) is 3.35. The van der Waals surface area contributed by atoms with E-state index in [2.05, 4.69) is 30.5 Å². The van der Waals surface area contributed by atoms with E-state index in [9.17, 15) is 0 Å². The molecule has 0 saturated heterocycles. The summed E-state index contributed by atoms with van der Waals surface area (Å²) < 4.78 is 0. The minimum atomic E-state index is 0.675. The second-order valence-electron chi connectivity index (χ2n) is 2.38. The Balaban J connectivity index is 2.71. The van der Waals surface area contributed by atoms with Gasteiger partial charge in [0.05, 0.1) is 0 Å². The van der Waals surface area contributed by atoms with Gasteiger partial charge in [0.25, 0.3) is 0 Å². The van der Waals surface area contributed by atoms with Crippen molar-refractivity contribution in [2.45, 2.75) is 13.3 Å². The van der Waals surface area contributed by atoms with Crippen LogP contribution in [0.2, 0.25) is 0 Å². The fourth-order valence-electron chi connectivity index (χ4n) is 0.880. The normalized spacial score (nSPS) is 12.0. The minimum absolute atomic E-state index is 0.675.